The van der Waals surface area contributed by atoms with Gasteiger partial charge >= 0.3 is 6.18 Å². The maximum Gasteiger partial charge on any atom is 0.433 e. The van der Waals surface area contributed by atoms with Crippen molar-refractivity contribution in [2.24, 2.45) is 5.73 Å². The number of halogens is 3. The van der Waals surface area contributed by atoms with Gasteiger partial charge in [0.2, 0.25) is 0 Å². The molecule has 2 rings (SSSR count). The number of thioether (sulfide) groups is 1. The van der Waals surface area contributed by atoms with Gasteiger partial charge in [-0.2, -0.15) is 18.4 Å². The Kier molecular flexibility index (Phi) is 6.17. The number of alkyl halides is 3. The van der Waals surface area contributed by atoms with Crippen LogP contribution in [-0.2, 0) is 6.18 Å². The summed E-state index contributed by atoms with van der Waals surface area (Å²) in [5, 5.41) is 17.9. The number of aliphatic hydroxyl groups excluding tert-OH is 1. The fraction of sp³-hybridized carbons (Fsp3) is 0.357. The van der Waals surface area contributed by atoms with E-state index in [1.807, 2.05) is 6.07 Å². The van der Waals surface area contributed by atoms with E-state index >= 15 is 0 Å². The highest BCUT2D eigenvalue weighted by atomic mass is 32.2. The molecule has 10 heteroatoms. The van der Waals surface area contributed by atoms with Gasteiger partial charge in [0.05, 0.1) is 17.7 Å². The number of thiazole rings is 1. The number of hydrogen-bond donors (Lipinski definition) is 2. The molecule has 0 saturated heterocycles. The lowest BCUT2D eigenvalue weighted by Crippen LogP contribution is -2.26. The summed E-state index contributed by atoms with van der Waals surface area (Å²) in [5.41, 5.74) is 6.35. The summed E-state index contributed by atoms with van der Waals surface area (Å²) in [5.74, 6) is 0. The van der Waals surface area contributed by atoms with Crippen LogP contribution in [0.15, 0.2) is 28.9 Å². The van der Waals surface area contributed by atoms with Crippen molar-refractivity contribution in [3.05, 3.63) is 40.0 Å². The van der Waals surface area contributed by atoms with Crippen LogP contribution in [0.4, 0.5) is 13.2 Å². The van der Waals surface area contributed by atoms with Crippen molar-refractivity contribution < 1.29 is 18.3 Å². The zero-order valence-electron chi connectivity index (χ0n) is 12.2. The van der Waals surface area contributed by atoms with Crippen LogP contribution in [0.25, 0.3) is 0 Å². The first kappa shape index (κ1) is 18.7. The third kappa shape index (κ3) is 4.67. The molecule has 0 saturated carbocycles. The summed E-state index contributed by atoms with van der Waals surface area (Å²) >= 11 is 2.34. The fourth-order valence-corrected chi connectivity index (χ4v) is 3.97. The van der Waals surface area contributed by atoms with Crippen LogP contribution in [0.1, 0.15) is 27.8 Å². The number of hydrogen-bond acceptors (Lipinski definition) is 7. The highest BCUT2D eigenvalue weighted by Crippen LogP contribution is 2.41. The quantitative estimate of drug-likeness (QED) is 0.755. The van der Waals surface area contributed by atoms with E-state index in [9.17, 15) is 13.2 Å². The van der Waals surface area contributed by atoms with E-state index in [1.165, 1.54) is 11.3 Å². The second-order valence-corrected chi connectivity index (χ2v) is 6.96. The number of aromatic nitrogens is 2. The lowest BCUT2D eigenvalue weighted by atomic mass is 10.1. The first-order chi connectivity index (χ1) is 11.3. The molecule has 2 aromatic rings. The van der Waals surface area contributed by atoms with Crippen molar-refractivity contribution in [3.63, 3.8) is 0 Å². The third-order valence-corrected chi connectivity index (χ3v) is 5.35. The molecule has 0 aliphatic heterocycles. The van der Waals surface area contributed by atoms with Crippen LogP contribution in [0.2, 0.25) is 0 Å². The summed E-state index contributed by atoms with van der Waals surface area (Å²) in [6.45, 7) is -0.253. The van der Waals surface area contributed by atoms with Crippen molar-refractivity contribution in [2.45, 2.75) is 28.9 Å². The molecular weight excluding hydrogens is 361 g/mol. The van der Waals surface area contributed by atoms with E-state index < -0.39 is 17.9 Å². The van der Waals surface area contributed by atoms with Crippen LogP contribution in [0, 0.1) is 11.3 Å². The van der Waals surface area contributed by atoms with E-state index in [0.29, 0.717) is 6.42 Å². The lowest BCUT2D eigenvalue weighted by Gasteiger charge is -2.18. The summed E-state index contributed by atoms with van der Waals surface area (Å²) in [7, 11) is 0. The molecule has 0 spiro atoms. The first-order valence-electron chi connectivity index (χ1n) is 6.75. The lowest BCUT2D eigenvalue weighted by molar-refractivity contribution is -0.141. The second-order valence-electron chi connectivity index (χ2n) is 4.85. The Morgan fingerprint density at radius 2 is 2.17 bits per heavy atom. The summed E-state index contributed by atoms with van der Waals surface area (Å²) < 4.78 is 38.6. The maximum absolute atomic E-state index is 12.9. The molecule has 2 heterocycles. The predicted molar refractivity (Wildman–Crippen MR) is 84.3 cm³/mol. The Labute approximate surface area is 144 Å². The largest absolute Gasteiger partial charge is 0.433 e. The Hall–Kier alpha value is -1.67. The van der Waals surface area contributed by atoms with Gasteiger partial charge in [0.15, 0.2) is 0 Å². The van der Waals surface area contributed by atoms with Gasteiger partial charge in [-0.25, -0.2) is 4.98 Å². The summed E-state index contributed by atoms with van der Waals surface area (Å²) in [6.07, 6.45) is -2.69. The number of nitriles is 1. The molecule has 24 heavy (non-hydrogen) atoms. The molecule has 0 aliphatic carbocycles. The second kappa shape index (κ2) is 7.94. The van der Waals surface area contributed by atoms with Gasteiger partial charge in [-0.3, -0.25) is 4.98 Å². The van der Waals surface area contributed by atoms with E-state index in [4.69, 9.17) is 16.1 Å². The number of nitrogens with zero attached hydrogens (tertiary/aromatic N) is 3. The summed E-state index contributed by atoms with van der Waals surface area (Å²) in [6, 6.07) is 3.19. The Balaban J connectivity index is 2.36. The SMILES string of the molecule is N#Cc1ccc(C(F)(F)F)nc1SC(CC(N)CO)c1cncs1. The van der Waals surface area contributed by atoms with Gasteiger partial charge in [0.25, 0.3) is 0 Å². The molecular formula is C14H13F3N4OS2. The highest BCUT2D eigenvalue weighted by Gasteiger charge is 2.33. The minimum atomic E-state index is -4.59. The van der Waals surface area contributed by atoms with Crippen LogP contribution in [0.3, 0.4) is 0 Å². The van der Waals surface area contributed by atoms with Crippen LogP contribution in [-0.4, -0.2) is 27.7 Å². The molecule has 0 amide bonds. The fourth-order valence-electron chi connectivity index (χ4n) is 1.86. The Morgan fingerprint density at radius 3 is 2.71 bits per heavy atom. The maximum atomic E-state index is 12.9. The Morgan fingerprint density at radius 1 is 1.42 bits per heavy atom. The minimum absolute atomic E-state index is 0.0177. The van der Waals surface area contributed by atoms with E-state index in [2.05, 4.69) is 9.97 Å². The van der Waals surface area contributed by atoms with Gasteiger partial charge in [-0.1, -0.05) is 11.8 Å². The van der Waals surface area contributed by atoms with E-state index in [-0.39, 0.29) is 22.4 Å². The van der Waals surface area contributed by atoms with Crippen LogP contribution < -0.4 is 5.73 Å². The van der Waals surface area contributed by atoms with Gasteiger partial charge in [-0.15, -0.1) is 11.3 Å². The number of pyridine rings is 1. The van der Waals surface area contributed by atoms with Gasteiger partial charge in [0, 0.05) is 22.4 Å². The zero-order valence-corrected chi connectivity index (χ0v) is 13.8. The number of rotatable bonds is 6. The molecule has 5 nitrogen and oxygen atoms in total. The topological polar surface area (TPSA) is 95.8 Å². The van der Waals surface area contributed by atoms with Crippen LogP contribution >= 0.6 is 23.1 Å². The van der Waals surface area contributed by atoms with Gasteiger partial charge in [-0.05, 0) is 18.6 Å². The summed E-state index contributed by atoms with van der Waals surface area (Å²) in [4.78, 5) is 8.33. The van der Waals surface area contributed by atoms with Crippen molar-refractivity contribution in [1.82, 2.24) is 9.97 Å². The molecule has 2 unspecified atom stereocenters. The average molecular weight is 374 g/mol. The normalized spacial score (nSPS) is 14.2. The number of nitrogens with two attached hydrogens (primary N) is 1. The highest BCUT2D eigenvalue weighted by molar-refractivity contribution is 7.99. The standard InChI is InChI=1S/C14H13F3N4OS2/c15-14(16,17)12-2-1-8(4-18)13(21-12)24-10(3-9(19)6-22)11-5-20-7-23-11/h1-2,5,7,9-10,22H,3,6,19H2. The third-order valence-electron chi connectivity index (χ3n) is 3.05. The van der Waals surface area contributed by atoms with Crippen molar-refractivity contribution in [2.75, 3.05) is 6.61 Å². The van der Waals surface area contributed by atoms with Gasteiger partial charge < -0.3 is 10.8 Å². The molecule has 0 aliphatic rings. The van der Waals surface area contributed by atoms with Crippen molar-refractivity contribution in [3.8, 4) is 6.07 Å². The monoisotopic (exact) mass is 374 g/mol. The van der Waals surface area contributed by atoms with Gasteiger partial charge in [0.1, 0.15) is 16.8 Å². The predicted octanol–water partition coefficient (Wildman–Crippen LogP) is 2.97. The zero-order chi connectivity index (χ0) is 17.7. The molecule has 0 radical (unpaired) electrons. The molecule has 0 aromatic carbocycles. The first-order valence-corrected chi connectivity index (χ1v) is 8.51. The molecule has 2 aromatic heterocycles. The number of aliphatic hydroxyl groups is 1. The van der Waals surface area contributed by atoms with Crippen LogP contribution in [0.5, 0.6) is 0 Å². The Bertz CT molecular complexity index is 716. The van der Waals surface area contributed by atoms with Crippen molar-refractivity contribution >= 4 is 23.1 Å². The smallest absolute Gasteiger partial charge is 0.395 e. The molecule has 0 fully saturated rings. The van der Waals surface area contributed by atoms with E-state index in [0.717, 1.165) is 28.8 Å². The molecule has 3 N–H and O–H groups in total. The minimum Gasteiger partial charge on any atom is -0.395 e. The molecule has 0 bridgehead atoms. The average Bonchev–Trinajstić information content (AvgIpc) is 3.07. The molecule has 128 valence electrons. The molecule has 2 atom stereocenters. The van der Waals surface area contributed by atoms with Crippen molar-refractivity contribution in [1.29, 1.82) is 5.26 Å². The van der Waals surface area contributed by atoms with E-state index in [1.54, 1.807) is 11.7 Å².